The molecule has 11 heavy (non-hydrogen) atoms. The lowest BCUT2D eigenvalue weighted by Gasteiger charge is -2.38. The van der Waals surface area contributed by atoms with Gasteiger partial charge in [0, 0.05) is 0 Å². The monoisotopic (exact) mass is 152 g/mol. The molecule has 2 heteroatoms. The highest BCUT2D eigenvalue weighted by atomic mass is 16.6. The van der Waals surface area contributed by atoms with Crippen molar-refractivity contribution in [3.8, 4) is 0 Å². The minimum Gasteiger partial charge on any atom is -0.375 e. The molecule has 0 aromatic carbocycles. The molecule has 0 aromatic heterocycles. The summed E-state index contributed by atoms with van der Waals surface area (Å²) in [4.78, 5) is 0. The van der Waals surface area contributed by atoms with Gasteiger partial charge in [-0.25, -0.2) is 0 Å². The van der Waals surface area contributed by atoms with Crippen LogP contribution in [0.15, 0.2) is 23.8 Å². The largest absolute Gasteiger partial charge is 0.375 e. The van der Waals surface area contributed by atoms with Crippen LogP contribution in [0.3, 0.4) is 0 Å². The molecule has 0 atom stereocenters. The van der Waals surface area contributed by atoms with Gasteiger partial charge in [-0.2, -0.15) is 0 Å². The van der Waals surface area contributed by atoms with E-state index < -0.39 is 0 Å². The van der Waals surface area contributed by atoms with Crippen LogP contribution in [0.25, 0.3) is 0 Å². The van der Waals surface area contributed by atoms with E-state index in [-0.39, 0.29) is 5.60 Å². The fraction of sp³-hybridized carbons (Fsp3) is 0.556. The fourth-order valence-corrected chi connectivity index (χ4v) is 1.68. The van der Waals surface area contributed by atoms with Gasteiger partial charge in [0.15, 0.2) is 0 Å². The van der Waals surface area contributed by atoms with Gasteiger partial charge in [0.2, 0.25) is 0 Å². The van der Waals surface area contributed by atoms with Gasteiger partial charge in [-0.05, 0) is 18.1 Å². The van der Waals surface area contributed by atoms with Gasteiger partial charge in [0.25, 0.3) is 0 Å². The molecule has 2 heterocycles. The lowest BCUT2D eigenvalue weighted by atomic mass is 9.91. The highest BCUT2D eigenvalue weighted by molar-refractivity contribution is 5.38. The summed E-state index contributed by atoms with van der Waals surface area (Å²) in [5, 5.41) is 0. The second-order valence-corrected chi connectivity index (χ2v) is 3.17. The second-order valence-electron chi connectivity index (χ2n) is 3.17. The topological polar surface area (TPSA) is 18.5 Å². The van der Waals surface area contributed by atoms with E-state index in [4.69, 9.17) is 9.47 Å². The Bertz CT molecular complexity index is 224. The van der Waals surface area contributed by atoms with Crippen molar-refractivity contribution in [3.05, 3.63) is 23.8 Å². The van der Waals surface area contributed by atoms with Gasteiger partial charge >= 0.3 is 0 Å². The van der Waals surface area contributed by atoms with E-state index in [0.717, 1.165) is 6.61 Å². The summed E-state index contributed by atoms with van der Waals surface area (Å²) >= 11 is 0. The SMILES string of the molecule is C=CC1=C(C)COC12COC2. The quantitative estimate of drug-likeness (QED) is 0.563. The van der Waals surface area contributed by atoms with Crippen LogP contribution >= 0.6 is 0 Å². The van der Waals surface area contributed by atoms with Crippen molar-refractivity contribution < 1.29 is 9.47 Å². The molecule has 0 N–H and O–H groups in total. The Hall–Kier alpha value is -0.600. The van der Waals surface area contributed by atoms with Gasteiger partial charge < -0.3 is 9.47 Å². The Morgan fingerprint density at radius 3 is 2.64 bits per heavy atom. The first kappa shape index (κ1) is 7.07. The molecule has 0 amide bonds. The van der Waals surface area contributed by atoms with Crippen molar-refractivity contribution in [2.75, 3.05) is 19.8 Å². The van der Waals surface area contributed by atoms with E-state index in [9.17, 15) is 0 Å². The molecule has 1 saturated heterocycles. The predicted octanol–water partition coefficient (Wildman–Crippen LogP) is 1.29. The fourth-order valence-electron chi connectivity index (χ4n) is 1.68. The number of hydrogen-bond donors (Lipinski definition) is 0. The smallest absolute Gasteiger partial charge is 0.140 e. The van der Waals surface area contributed by atoms with Crippen molar-refractivity contribution in [3.63, 3.8) is 0 Å². The highest BCUT2D eigenvalue weighted by Crippen LogP contribution is 2.37. The molecule has 1 fully saturated rings. The van der Waals surface area contributed by atoms with Crippen LogP contribution in [0.4, 0.5) is 0 Å². The van der Waals surface area contributed by atoms with E-state index in [0.29, 0.717) is 13.2 Å². The number of rotatable bonds is 1. The minimum absolute atomic E-state index is 0.105. The van der Waals surface area contributed by atoms with E-state index >= 15 is 0 Å². The molecular formula is C9H12O2. The van der Waals surface area contributed by atoms with E-state index in [1.54, 1.807) is 0 Å². The zero-order chi connectivity index (χ0) is 7.90. The lowest BCUT2D eigenvalue weighted by Crippen LogP contribution is -2.50. The summed E-state index contributed by atoms with van der Waals surface area (Å²) in [5.74, 6) is 0. The molecular weight excluding hydrogens is 140 g/mol. The van der Waals surface area contributed by atoms with Crippen molar-refractivity contribution in [2.24, 2.45) is 0 Å². The van der Waals surface area contributed by atoms with Crippen LogP contribution in [0.1, 0.15) is 6.92 Å². The predicted molar refractivity (Wildman–Crippen MR) is 42.4 cm³/mol. The molecule has 0 radical (unpaired) electrons. The third-order valence-corrected chi connectivity index (χ3v) is 2.39. The summed E-state index contributed by atoms with van der Waals surface area (Å²) in [6.45, 7) is 8.01. The first-order valence-corrected chi connectivity index (χ1v) is 3.83. The summed E-state index contributed by atoms with van der Waals surface area (Å²) in [5.41, 5.74) is 2.43. The maximum Gasteiger partial charge on any atom is 0.140 e. The minimum atomic E-state index is -0.105. The van der Waals surface area contributed by atoms with Crippen LogP contribution in [-0.4, -0.2) is 25.4 Å². The molecule has 0 bridgehead atoms. The Balaban J connectivity index is 2.32. The highest BCUT2D eigenvalue weighted by Gasteiger charge is 2.46. The van der Waals surface area contributed by atoms with Crippen molar-refractivity contribution in [1.29, 1.82) is 0 Å². The molecule has 0 aliphatic carbocycles. The summed E-state index contributed by atoms with van der Waals surface area (Å²) in [6.07, 6.45) is 1.89. The molecule has 2 rings (SSSR count). The molecule has 0 unspecified atom stereocenters. The third kappa shape index (κ3) is 0.798. The molecule has 2 aliphatic heterocycles. The number of hydrogen-bond acceptors (Lipinski definition) is 2. The van der Waals surface area contributed by atoms with E-state index in [2.05, 4.69) is 13.5 Å². The van der Waals surface area contributed by atoms with Crippen molar-refractivity contribution in [2.45, 2.75) is 12.5 Å². The van der Waals surface area contributed by atoms with Crippen LogP contribution in [0, 0.1) is 0 Å². The second kappa shape index (κ2) is 2.19. The maximum absolute atomic E-state index is 5.62. The Labute approximate surface area is 66.5 Å². The Kier molecular flexibility index (Phi) is 1.41. The molecule has 2 nitrogen and oxygen atoms in total. The zero-order valence-electron chi connectivity index (χ0n) is 6.72. The van der Waals surface area contributed by atoms with Gasteiger partial charge in [-0.3, -0.25) is 0 Å². The average Bonchev–Trinajstić information content (AvgIpc) is 2.25. The summed E-state index contributed by atoms with van der Waals surface area (Å²) < 4.78 is 10.8. The molecule has 0 aromatic rings. The van der Waals surface area contributed by atoms with Crippen LogP contribution in [-0.2, 0) is 9.47 Å². The van der Waals surface area contributed by atoms with Crippen LogP contribution in [0.5, 0.6) is 0 Å². The molecule has 60 valence electrons. The van der Waals surface area contributed by atoms with Gasteiger partial charge in [-0.1, -0.05) is 12.7 Å². The van der Waals surface area contributed by atoms with E-state index in [1.165, 1.54) is 11.1 Å². The zero-order valence-corrected chi connectivity index (χ0v) is 6.72. The molecule has 0 saturated carbocycles. The standard InChI is InChI=1S/C9H12O2/c1-3-8-7(2)4-11-9(8)5-10-6-9/h3H,1,4-6H2,2H3. The van der Waals surface area contributed by atoms with Crippen molar-refractivity contribution >= 4 is 0 Å². The third-order valence-electron chi connectivity index (χ3n) is 2.39. The molecule has 2 aliphatic rings. The summed E-state index contributed by atoms with van der Waals surface area (Å²) in [7, 11) is 0. The molecule has 1 spiro atoms. The van der Waals surface area contributed by atoms with Crippen LogP contribution in [0.2, 0.25) is 0 Å². The van der Waals surface area contributed by atoms with Crippen molar-refractivity contribution in [1.82, 2.24) is 0 Å². The Morgan fingerprint density at radius 2 is 2.27 bits per heavy atom. The summed E-state index contributed by atoms with van der Waals surface area (Å²) in [6, 6.07) is 0. The number of ether oxygens (including phenoxy) is 2. The van der Waals surface area contributed by atoms with Gasteiger partial charge in [0.1, 0.15) is 5.60 Å². The normalized spacial score (nSPS) is 27.4. The van der Waals surface area contributed by atoms with Gasteiger partial charge in [-0.15, -0.1) is 0 Å². The van der Waals surface area contributed by atoms with Gasteiger partial charge in [0.05, 0.1) is 19.8 Å². The van der Waals surface area contributed by atoms with E-state index in [1.807, 2.05) is 6.08 Å². The maximum atomic E-state index is 5.62. The lowest BCUT2D eigenvalue weighted by molar-refractivity contribution is -0.170. The first-order chi connectivity index (χ1) is 5.28. The first-order valence-electron chi connectivity index (χ1n) is 3.83. The van der Waals surface area contributed by atoms with Crippen LogP contribution < -0.4 is 0 Å². The average molecular weight is 152 g/mol. The Morgan fingerprint density at radius 1 is 1.55 bits per heavy atom.